The number of nitriles is 1. The van der Waals surface area contributed by atoms with E-state index >= 15 is 0 Å². The molecule has 1 atom stereocenters. The molecule has 84 valence electrons. The first-order valence-electron chi connectivity index (χ1n) is 5.40. The molecule has 1 aromatic carbocycles. The van der Waals surface area contributed by atoms with Crippen LogP contribution in [0.1, 0.15) is 18.4 Å². The topological polar surface area (TPSA) is 61.8 Å². The normalized spacial score (nSPS) is 16.6. The molecule has 3 N–H and O–H groups in total. The van der Waals surface area contributed by atoms with Crippen molar-refractivity contribution in [3.05, 3.63) is 28.2 Å². The van der Waals surface area contributed by atoms with Crippen molar-refractivity contribution in [2.24, 2.45) is 11.7 Å². The van der Waals surface area contributed by atoms with E-state index in [4.69, 9.17) is 11.0 Å². The number of hydrogen-bond acceptors (Lipinski definition) is 3. The van der Waals surface area contributed by atoms with Crippen LogP contribution in [0.25, 0.3) is 0 Å². The molecule has 3 nitrogen and oxygen atoms in total. The minimum Gasteiger partial charge on any atom is -0.381 e. The molecule has 1 unspecified atom stereocenters. The lowest BCUT2D eigenvalue weighted by Gasteiger charge is -2.17. The molecule has 1 fully saturated rings. The largest absolute Gasteiger partial charge is 0.381 e. The van der Waals surface area contributed by atoms with Gasteiger partial charge in [-0.2, -0.15) is 5.26 Å². The molecule has 1 aromatic rings. The van der Waals surface area contributed by atoms with Crippen molar-refractivity contribution in [2.45, 2.75) is 18.9 Å². The zero-order chi connectivity index (χ0) is 11.5. The van der Waals surface area contributed by atoms with Crippen molar-refractivity contribution >= 4 is 21.6 Å². The second-order valence-electron chi connectivity index (χ2n) is 4.16. The minimum atomic E-state index is 0.334. The van der Waals surface area contributed by atoms with Crippen LogP contribution >= 0.6 is 15.9 Å². The van der Waals surface area contributed by atoms with Gasteiger partial charge in [-0.3, -0.25) is 0 Å². The lowest BCUT2D eigenvalue weighted by molar-refractivity contribution is 0.645. The van der Waals surface area contributed by atoms with Crippen molar-refractivity contribution in [3.63, 3.8) is 0 Å². The smallest absolute Gasteiger partial charge is 0.0992 e. The molecular weight excluding hydrogens is 266 g/mol. The van der Waals surface area contributed by atoms with Gasteiger partial charge in [-0.05, 0) is 37.0 Å². The highest BCUT2D eigenvalue weighted by Gasteiger charge is 2.30. The molecule has 16 heavy (non-hydrogen) atoms. The summed E-state index contributed by atoms with van der Waals surface area (Å²) in [5.74, 6) is 0.703. The highest BCUT2D eigenvalue weighted by atomic mass is 79.9. The Labute approximate surface area is 104 Å². The molecular formula is C12H14BrN3. The monoisotopic (exact) mass is 279 g/mol. The summed E-state index contributed by atoms with van der Waals surface area (Å²) < 4.78 is 0.917. The number of nitrogens with zero attached hydrogens (tertiary/aromatic N) is 1. The molecule has 1 saturated carbocycles. The third-order valence-corrected chi connectivity index (χ3v) is 3.28. The van der Waals surface area contributed by atoms with Crippen LogP contribution in [-0.2, 0) is 0 Å². The van der Waals surface area contributed by atoms with E-state index in [9.17, 15) is 0 Å². The number of benzene rings is 1. The van der Waals surface area contributed by atoms with Crippen LogP contribution in [0.2, 0.25) is 0 Å². The summed E-state index contributed by atoms with van der Waals surface area (Å²) in [6.07, 6.45) is 2.52. The maximum absolute atomic E-state index is 8.88. The zero-order valence-corrected chi connectivity index (χ0v) is 10.5. The van der Waals surface area contributed by atoms with Crippen LogP contribution in [0.5, 0.6) is 0 Å². The van der Waals surface area contributed by atoms with Crippen molar-refractivity contribution in [2.75, 3.05) is 11.9 Å². The Hall–Kier alpha value is -1.05. The molecule has 0 saturated heterocycles. The highest BCUT2D eigenvalue weighted by molar-refractivity contribution is 9.10. The van der Waals surface area contributed by atoms with Gasteiger partial charge in [0, 0.05) is 22.7 Å². The molecule has 2 rings (SSSR count). The first-order valence-corrected chi connectivity index (χ1v) is 6.19. The van der Waals surface area contributed by atoms with Gasteiger partial charge < -0.3 is 11.1 Å². The van der Waals surface area contributed by atoms with E-state index in [0.717, 1.165) is 10.2 Å². The van der Waals surface area contributed by atoms with Crippen LogP contribution in [-0.4, -0.2) is 12.6 Å². The van der Waals surface area contributed by atoms with Gasteiger partial charge in [0.2, 0.25) is 0 Å². The summed E-state index contributed by atoms with van der Waals surface area (Å²) in [6, 6.07) is 8.12. The fourth-order valence-electron chi connectivity index (χ4n) is 1.82. The van der Waals surface area contributed by atoms with Gasteiger partial charge in [0.15, 0.2) is 0 Å². The van der Waals surface area contributed by atoms with E-state index in [1.54, 1.807) is 6.07 Å². The van der Waals surface area contributed by atoms with Gasteiger partial charge in [-0.25, -0.2) is 0 Å². The fraction of sp³-hybridized carbons (Fsp3) is 0.417. The number of nitrogens with two attached hydrogens (primary N) is 1. The summed E-state index contributed by atoms with van der Waals surface area (Å²) in [7, 11) is 0. The second kappa shape index (κ2) is 4.86. The van der Waals surface area contributed by atoms with Gasteiger partial charge in [0.1, 0.15) is 0 Å². The third kappa shape index (κ3) is 2.75. The number of anilines is 1. The molecule has 0 aliphatic heterocycles. The second-order valence-corrected chi connectivity index (χ2v) is 5.08. The van der Waals surface area contributed by atoms with Crippen molar-refractivity contribution < 1.29 is 0 Å². The Morgan fingerprint density at radius 3 is 2.81 bits per heavy atom. The fourth-order valence-corrected chi connectivity index (χ4v) is 2.31. The first kappa shape index (κ1) is 11.4. The van der Waals surface area contributed by atoms with Crippen molar-refractivity contribution in [3.8, 4) is 6.07 Å². The molecule has 0 bridgehead atoms. The van der Waals surface area contributed by atoms with Crippen molar-refractivity contribution in [1.29, 1.82) is 5.26 Å². The van der Waals surface area contributed by atoms with Gasteiger partial charge >= 0.3 is 0 Å². The SMILES string of the molecule is N#Cc1cc(Br)cc(NC(CN)C2CC2)c1. The first-order chi connectivity index (χ1) is 7.72. The quantitative estimate of drug-likeness (QED) is 0.890. The van der Waals surface area contributed by atoms with Gasteiger partial charge in [-0.1, -0.05) is 15.9 Å². The highest BCUT2D eigenvalue weighted by Crippen LogP contribution is 2.34. The number of nitrogens with one attached hydrogen (secondary N) is 1. The maximum Gasteiger partial charge on any atom is 0.0992 e. The third-order valence-electron chi connectivity index (χ3n) is 2.82. The molecule has 0 spiro atoms. The molecule has 1 aliphatic carbocycles. The van der Waals surface area contributed by atoms with Gasteiger partial charge in [-0.15, -0.1) is 0 Å². The molecule has 0 heterocycles. The Morgan fingerprint density at radius 1 is 1.50 bits per heavy atom. The number of hydrogen-bond donors (Lipinski definition) is 2. The van der Waals surface area contributed by atoms with Crippen molar-refractivity contribution in [1.82, 2.24) is 0 Å². The zero-order valence-electron chi connectivity index (χ0n) is 8.91. The Kier molecular flexibility index (Phi) is 3.47. The predicted molar refractivity (Wildman–Crippen MR) is 68.0 cm³/mol. The summed E-state index contributed by atoms with van der Waals surface area (Å²) in [6.45, 7) is 0.638. The summed E-state index contributed by atoms with van der Waals surface area (Å²) in [5, 5.41) is 12.3. The Bertz CT molecular complexity index is 421. The molecule has 0 aromatic heterocycles. The standard InChI is InChI=1S/C12H14BrN3/c13-10-3-8(6-14)4-11(5-10)16-12(7-15)9-1-2-9/h3-5,9,12,16H,1-2,7,15H2. The summed E-state index contributed by atoms with van der Waals surface area (Å²) in [4.78, 5) is 0. The predicted octanol–water partition coefficient (Wildman–Crippen LogP) is 2.47. The van der Waals surface area contributed by atoms with E-state index in [-0.39, 0.29) is 0 Å². The van der Waals surface area contributed by atoms with Crippen LogP contribution in [0, 0.1) is 17.2 Å². The molecule has 0 radical (unpaired) electrons. The van der Waals surface area contributed by atoms with Crippen LogP contribution in [0.15, 0.2) is 22.7 Å². The van der Waals surface area contributed by atoms with E-state index in [1.165, 1.54) is 12.8 Å². The van der Waals surface area contributed by atoms with Gasteiger partial charge in [0.05, 0.1) is 11.6 Å². The average Bonchev–Trinajstić information content (AvgIpc) is 3.09. The van der Waals surface area contributed by atoms with Crippen LogP contribution in [0.4, 0.5) is 5.69 Å². The Balaban J connectivity index is 2.13. The molecule has 0 amide bonds. The molecule has 1 aliphatic rings. The number of rotatable bonds is 4. The van der Waals surface area contributed by atoms with E-state index < -0.39 is 0 Å². The minimum absolute atomic E-state index is 0.334. The number of halogens is 1. The Morgan fingerprint density at radius 2 is 2.25 bits per heavy atom. The lowest BCUT2D eigenvalue weighted by atomic mass is 10.1. The van der Waals surface area contributed by atoms with Gasteiger partial charge in [0.25, 0.3) is 0 Å². The van der Waals surface area contributed by atoms with Crippen LogP contribution in [0.3, 0.4) is 0 Å². The summed E-state index contributed by atoms with van der Waals surface area (Å²) in [5.41, 5.74) is 7.35. The van der Waals surface area contributed by atoms with Crippen LogP contribution < -0.4 is 11.1 Å². The summed E-state index contributed by atoms with van der Waals surface area (Å²) >= 11 is 3.40. The molecule has 4 heteroatoms. The average molecular weight is 280 g/mol. The van der Waals surface area contributed by atoms with E-state index in [2.05, 4.69) is 27.3 Å². The van der Waals surface area contributed by atoms with E-state index in [1.807, 2.05) is 12.1 Å². The lowest BCUT2D eigenvalue weighted by Crippen LogP contribution is -2.30. The van der Waals surface area contributed by atoms with E-state index in [0.29, 0.717) is 24.1 Å². The maximum atomic E-state index is 8.88.